The van der Waals surface area contributed by atoms with E-state index in [0.717, 1.165) is 0 Å². The highest BCUT2D eigenvalue weighted by atomic mass is 19.3. The van der Waals surface area contributed by atoms with E-state index >= 15 is 0 Å². The van der Waals surface area contributed by atoms with Crippen LogP contribution in [0.4, 0.5) is 22.0 Å². The summed E-state index contributed by atoms with van der Waals surface area (Å²) in [5.74, 6) is -4.91. The van der Waals surface area contributed by atoms with E-state index in [1.54, 1.807) is 0 Å². The van der Waals surface area contributed by atoms with E-state index in [4.69, 9.17) is 0 Å². The van der Waals surface area contributed by atoms with Crippen molar-refractivity contribution in [2.24, 2.45) is 0 Å². The van der Waals surface area contributed by atoms with Gasteiger partial charge in [0.2, 0.25) is 11.9 Å². The molecule has 1 rings (SSSR count). The number of aromatic nitrogens is 1. The molecule has 0 fully saturated rings. The van der Waals surface area contributed by atoms with Gasteiger partial charge in [-0.3, -0.25) is 0 Å². The highest BCUT2D eigenvalue weighted by Gasteiger charge is 2.21. The van der Waals surface area contributed by atoms with Crippen molar-refractivity contribution < 1.29 is 22.0 Å². The Labute approximate surface area is 63.8 Å². The summed E-state index contributed by atoms with van der Waals surface area (Å²) in [4.78, 5) is 2.40. The fourth-order valence-corrected chi connectivity index (χ4v) is 0.661. The Morgan fingerprint density at radius 3 is 2.17 bits per heavy atom. The molecule has 0 aliphatic heterocycles. The first kappa shape index (κ1) is 8.89. The van der Waals surface area contributed by atoms with Crippen molar-refractivity contribution in [1.82, 2.24) is 4.98 Å². The minimum Gasteiger partial charge on any atom is -0.206 e. The van der Waals surface area contributed by atoms with Gasteiger partial charge in [0.1, 0.15) is 11.4 Å². The van der Waals surface area contributed by atoms with Crippen LogP contribution in [0.2, 0.25) is 0 Å². The smallest absolute Gasteiger partial charge is 0.206 e. The molecule has 0 aliphatic carbocycles. The molecule has 66 valence electrons. The number of halogens is 5. The summed E-state index contributed by atoms with van der Waals surface area (Å²) in [5, 5.41) is 0. The lowest BCUT2D eigenvalue weighted by Gasteiger charge is -2.01. The van der Waals surface area contributed by atoms with Crippen LogP contribution in [0.3, 0.4) is 0 Å². The molecule has 1 heterocycles. The maximum atomic E-state index is 12.4. The highest BCUT2D eigenvalue weighted by molar-refractivity contribution is 5.15. The fraction of sp³-hybridized carbons (Fsp3) is 0.167. The second-order valence-electron chi connectivity index (χ2n) is 1.93. The van der Waals surface area contributed by atoms with E-state index in [2.05, 4.69) is 4.98 Å². The minimum atomic E-state index is -3.34. The van der Waals surface area contributed by atoms with E-state index in [1.165, 1.54) is 0 Å². The van der Waals surface area contributed by atoms with Crippen molar-refractivity contribution in [3.63, 3.8) is 0 Å². The number of pyridine rings is 1. The van der Waals surface area contributed by atoms with E-state index in [1.807, 2.05) is 0 Å². The molecule has 1 aromatic rings. The van der Waals surface area contributed by atoms with Gasteiger partial charge in [0.25, 0.3) is 6.43 Å². The minimum absolute atomic E-state index is 0.102. The molecule has 1 aromatic heterocycles. The SMILES string of the molecule is Fc1cc(F)c(C(F)F)c(F)n1. The molecule has 0 radical (unpaired) electrons. The maximum Gasteiger partial charge on any atom is 0.271 e. The van der Waals surface area contributed by atoms with Crippen LogP contribution in [0.25, 0.3) is 0 Å². The largest absolute Gasteiger partial charge is 0.271 e. The monoisotopic (exact) mass is 183 g/mol. The quantitative estimate of drug-likeness (QED) is 0.481. The summed E-state index contributed by atoms with van der Waals surface area (Å²) in [5.41, 5.74) is -1.50. The van der Waals surface area contributed by atoms with Crippen LogP contribution in [0.1, 0.15) is 12.0 Å². The van der Waals surface area contributed by atoms with Gasteiger partial charge in [0.15, 0.2) is 0 Å². The van der Waals surface area contributed by atoms with Crippen molar-refractivity contribution in [2.75, 3.05) is 0 Å². The summed E-state index contributed by atoms with van der Waals surface area (Å²) in [6.45, 7) is 0. The Morgan fingerprint density at radius 1 is 1.17 bits per heavy atom. The third-order valence-corrected chi connectivity index (χ3v) is 1.15. The fourth-order valence-electron chi connectivity index (χ4n) is 0.661. The molecule has 0 unspecified atom stereocenters. The Morgan fingerprint density at radius 2 is 1.75 bits per heavy atom. The third kappa shape index (κ3) is 1.51. The topological polar surface area (TPSA) is 12.9 Å². The van der Waals surface area contributed by atoms with Crippen LogP contribution in [0, 0.1) is 17.7 Å². The molecular formula is C6H2F5N. The molecular weight excluding hydrogens is 181 g/mol. The van der Waals surface area contributed by atoms with Crippen molar-refractivity contribution in [2.45, 2.75) is 6.43 Å². The summed E-state index contributed by atoms with van der Waals surface area (Å²) < 4.78 is 60.2. The number of hydrogen-bond donors (Lipinski definition) is 0. The van der Waals surface area contributed by atoms with Gasteiger partial charge in [-0.15, -0.1) is 0 Å². The van der Waals surface area contributed by atoms with Crippen LogP contribution >= 0.6 is 0 Å². The van der Waals surface area contributed by atoms with Gasteiger partial charge < -0.3 is 0 Å². The number of nitrogens with zero attached hydrogens (tertiary/aromatic N) is 1. The molecule has 0 spiro atoms. The van der Waals surface area contributed by atoms with Crippen LogP contribution in [-0.4, -0.2) is 4.98 Å². The number of alkyl halides is 2. The van der Waals surface area contributed by atoms with Crippen molar-refractivity contribution in [3.8, 4) is 0 Å². The van der Waals surface area contributed by atoms with Crippen LogP contribution in [0.5, 0.6) is 0 Å². The van der Waals surface area contributed by atoms with Crippen LogP contribution in [-0.2, 0) is 0 Å². The average molecular weight is 183 g/mol. The second kappa shape index (κ2) is 3.04. The van der Waals surface area contributed by atoms with Gasteiger partial charge in [-0.05, 0) is 0 Å². The zero-order chi connectivity index (χ0) is 9.30. The van der Waals surface area contributed by atoms with Crippen LogP contribution < -0.4 is 0 Å². The number of hydrogen-bond acceptors (Lipinski definition) is 1. The van der Waals surface area contributed by atoms with Crippen molar-refractivity contribution in [3.05, 3.63) is 29.3 Å². The molecule has 0 aliphatic rings. The molecule has 12 heavy (non-hydrogen) atoms. The molecule has 0 aromatic carbocycles. The van der Waals surface area contributed by atoms with Gasteiger partial charge in [-0.25, -0.2) is 13.2 Å². The van der Waals surface area contributed by atoms with Gasteiger partial charge in [-0.1, -0.05) is 0 Å². The van der Waals surface area contributed by atoms with E-state index < -0.39 is 29.7 Å². The van der Waals surface area contributed by atoms with Crippen LogP contribution in [0.15, 0.2) is 6.07 Å². The number of rotatable bonds is 1. The predicted molar refractivity (Wildman–Crippen MR) is 29.1 cm³/mol. The molecule has 0 N–H and O–H groups in total. The molecule has 0 bridgehead atoms. The second-order valence-corrected chi connectivity index (χ2v) is 1.93. The first-order valence-electron chi connectivity index (χ1n) is 2.82. The Kier molecular flexibility index (Phi) is 2.25. The average Bonchev–Trinajstić information content (AvgIpc) is 1.82. The Hall–Kier alpha value is -1.20. The molecule has 0 amide bonds. The zero-order valence-electron chi connectivity index (χ0n) is 5.49. The molecule has 1 nitrogen and oxygen atoms in total. The summed E-state index contributed by atoms with van der Waals surface area (Å²) in [6, 6.07) is 0.102. The lowest BCUT2D eigenvalue weighted by atomic mass is 10.3. The standard InChI is InChI=1S/C6H2F5N/c7-2-1-3(8)12-6(11)4(2)5(9)10/h1,5H. The van der Waals surface area contributed by atoms with Gasteiger partial charge in [0, 0.05) is 6.07 Å². The molecule has 0 saturated heterocycles. The first-order chi connectivity index (χ1) is 5.52. The Bertz CT molecular complexity index is 275. The van der Waals surface area contributed by atoms with E-state index in [0.29, 0.717) is 0 Å². The van der Waals surface area contributed by atoms with E-state index in [-0.39, 0.29) is 6.07 Å². The lowest BCUT2D eigenvalue weighted by Crippen LogP contribution is -2.01. The zero-order valence-corrected chi connectivity index (χ0v) is 5.49. The summed E-state index contributed by atoms with van der Waals surface area (Å²) >= 11 is 0. The Balaban J connectivity index is 3.28. The molecule has 0 atom stereocenters. The first-order valence-corrected chi connectivity index (χ1v) is 2.82. The normalized spacial score (nSPS) is 10.8. The third-order valence-electron chi connectivity index (χ3n) is 1.15. The molecule has 0 saturated carbocycles. The van der Waals surface area contributed by atoms with Gasteiger partial charge in [0.05, 0.1) is 0 Å². The highest BCUT2D eigenvalue weighted by Crippen LogP contribution is 2.23. The molecule has 6 heteroatoms. The van der Waals surface area contributed by atoms with Gasteiger partial charge >= 0.3 is 0 Å². The summed E-state index contributed by atoms with van der Waals surface area (Å²) in [6.07, 6.45) is -3.34. The predicted octanol–water partition coefficient (Wildman–Crippen LogP) is 2.44. The summed E-state index contributed by atoms with van der Waals surface area (Å²) in [7, 11) is 0. The van der Waals surface area contributed by atoms with E-state index in [9.17, 15) is 22.0 Å². The lowest BCUT2D eigenvalue weighted by molar-refractivity contribution is 0.139. The van der Waals surface area contributed by atoms with Crippen molar-refractivity contribution >= 4 is 0 Å². The van der Waals surface area contributed by atoms with Gasteiger partial charge in [-0.2, -0.15) is 13.8 Å². The van der Waals surface area contributed by atoms with Crippen molar-refractivity contribution in [1.29, 1.82) is 0 Å². The maximum absolute atomic E-state index is 12.4.